The van der Waals surface area contributed by atoms with Crippen molar-refractivity contribution in [2.45, 2.75) is 24.8 Å². The van der Waals surface area contributed by atoms with E-state index in [0.717, 1.165) is 25.8 Å². The normalized spacial score (nSPS) is 27.0. The first-order valence-electron chi connectivity index (χ1n) is 5.25. The van der Waals surface area contributed by atoms with Crippen LogP contribution in [0.4, 0.5) is 0 Å². The van der Waals surface area contributed by atoms with E-state index in [0.29, 0.717) is 19.8 Å². The summed E-state index contributed by atoms with van der Waals surface area (Å²) in [7, 11) is 1.66. The average Bonchev–Trinajstić information content (AvgIpc) is 2.67. The van der Waals surface area contributed by atoms with Crippen LogP contribution in [0, 0.1) is 0 Å². The number of hydrogen-bond acceptors (Lipinski definition) is 4. The highest BCUT2D eigenvalue weighted by atomic mass is 16.5. The van der Waals surface area contributed by atoms with Crippen LogP contribution in [0.5, 0.6) is 0 Å². The summed E-state index contributed by atoms with van der Waals surface area (Å²) in [6.07, 6.45) is 3.09. The van der Waals surface area contributed by atoms with Crippen molar-refractivity contribution in [3.05, 3.63) is 0 Å². The molecule has 0 radical (unpaired) electrons. The lowest BCUT2D eigenvalue weighted by Gasteiger charge is -2.26. The molecule has 0 aromatic heterocycles. The van der Waals surface area contributed by atoms with Crippen molar-refractivity contribution < 1.29 is 14.6 Å². The maximum Gasteiger partial charge on any atom is 0.0700 e. The summed E-state index contributed by atoms with van der Waals surface area (Å²) in [6, 6.07) is 0. The molecule has 4 nitrogen and oxygen atoms in total. The highest BCUT2D eigenvalue weighted by Gasteiger charge is 2.31. The topological polar surface area (TPSA) is 50.7 Å². The Morgan fingerprint density at radius 1 is 1.36 bits per heavy atom. The van der Waals surface area contributed by atoms with E-state index in [2.05, 4.69) is 5.32 Å². The average molecular weight is 203 g/mol. The lowest BCUT2D eigenvalue weighted by Crippen LogP contribution is -2.44. The van der Waals surface area contributed by atoms with Gasteiger partial charge in [-0.05, 0) is 25.8 Å². The Labute approximate surface area is 85.6 Å². The Balaban J connectivity index is 2.08. The lowest BCUT2D eigenvalue weighted by molar-refractivity contribution is 0.0507. The third-order valence-electron chi connectivity index (χ3n) is 2.79. The van der Waals surface area contributed by atoms with Gasteiger partial charge in [0.1, 0.15) is 0 Å². The fourth-order valence-corrected chi connectivity index (χ4v) is 1.81. The molecule has 0 aromatic rings. The monoisotopic (exact) mass is 203 g/mol. The van der Waals surface area contributed by atoms with Crippen molar-refractivity contribution in [3.8, 4) is 0 Å². The van der Waals surface area contributed by atoms with Gasteiger partial charge >= 0.3 is 0 Å². The quantitative estimate of drug-likeness (QED) is 0.578. The van der Waals surface area contributed by atoms with Gasteiger partial charge in [-0.2, -0.15) is 0 Å². The van der Waals surface area contributed by atoms with Gasteiger partial charge in [0.05, 0.1) is 19.8 Å². The molecule has 4 heteroatoms. The number of rotatable bonds is 7. The fraction of sp³-hybridized carbons (Fsp3) is 1.00. The van der Waals surface area contributed by atoms with Crippen molar-refractivity contribution >= 4 is 0 Å². The van der Waals surface area contributed by atoms with Crippen LogP contribution < -0.4 is 5.32 Å². The Hall–Kier alpha value is -0.160. The number of nitrogens with one attached hydrogen (secondary N) is 1. The minimum absolute atomic E-state index is 0.0763. The van der Waals surface area contributed by atoms with Crippen LogP contribution >= 0.6 is 0 Å². The molecule has 0 amide bonds. The molecular weight excluding hydrogens is 182 g/mol. The standard InChI is InChI=1S/C10H21NO3/c1-13-7-8-14-6-4-10(9-12)3-2-5-11-10/h11-12H,2-9H2,1H3. The molecule has 1 rings (SSSR count). The summed E-state index contributed by atoms with van der Waals surface area (Å²) >= 11 is 0. The van der Waals surface area contributed by atoms with Crippen molar-refractivity contribution in [1.29, 1.82) is 0 Å². The third kappa shape index (κ3) is 3.53. The molecule has 0 bridgehead atoms. The van der Waals surface area contributed by atoms with Crippen LogP contribution in [-0.4, -0.2) is 50.7 Å². The number of aliphatic hydroxyl groups excluding tert-OH is 1. The van der Waals surface area contributed by atoms with E-state index in [1.54, 1.807) is 7.11 Å². The Bertz CT molecular complexity index is 146. The van der Waals surface area contributed by atoms with Crippen LogP contribution in [-0.2, 0) is 9.47 Å². The van der Waals surface area contributed by atoms with Gasteiger partial charge < -0.3 is 19.9 Å². The summed E-state index contributed by atoms with van der Waals surface area (Å²) < 4.78 is 10.3. The van der Waals surface area contributed by atoms with Gasteiger partial charge in [0.2, 0.25) is 0 Å². The molecule has 1 atom stereocenters. The van der Waals surface area contributed by atoms with Crippen LogP contribution in [0.1, 0.15) is 19.3 Å². The second-order valence-corrected chi connectivity index (χ2v) is 3.82. The first-order chi connectivity index (χ1) is 6.83. The van der Waals surface area contributed by atoms with E-state index >= 15 is 0 Å². The molecule has 0 spiro atoms. The zero-order valence-corrected chi connectivity index (χ0v) is 8.92. The third-order valence-corrected chi connectivity index (χ3v) is 2.79. The molecule has 2 N–H and O–H groups in total. The number of methoxy groups -OCH3 is 1. The number of hydrogen-bond donors (Lipinski definition) is 2. The molecule has 1 unspecified atom stereocenters. The highest BCUT2D eigenvalue weighted by molar-refractivity contribution is 4.92. The van der Waals surface area contributed by atoms with Crippen molar-refractivity contribution in [3.63, 3.8) is 0 Å². The van der Waals surface area contributed by atoms with E-state index in [4.69, 9.17) is 9.47 Å². The van der Waals surface area contributed by atoms with Crippen molar-refractivity contribution in [2.24, 2.45) is 0 Å². The van der Waals surface area contributed by atoms with Gasteiger partial charge in [0, 0.05) is 19.3 Å². The van der Waals surface area contributed by atoms with Crippen LogP contribution in [0.15, 0.2) is 0 Å². The Morgan fingerprint density at radius 3 is 2.79 bits per heavy atom. The van der Waals surface area contributed by atoms with Gasteiger partial charge in [0.25, 0.3) is 0 Å². The first-order valence-corrected chi connectivity index (χ1v) is 5.25. The van der Waals surface area contributed by atoms with Crippen molar-refractivity contribution in [1.82, 2.24) is 5.32 Å². The van der Waals surface area contributed by atoms with E-state index in [9.17, 15) is 5.11 Å². The Kier molecular flexibility index (Phi) is 5.40. The van der Waals surface area contributed by atoms with E-state index in [1.807, 2.05) is 0 Å². The molecule has 14 heavy (non-hydrogen) atoms. The smallest absolute Gasteiger partial charge is 0.0700 e. The maximum atomic E-state index is 9.28. The molecule has 1 fully saturated rings. The molecular formula is C10H21NO3. The Morgan fingerprint density at radius 2 is 2.21 bits per heavy atom. The molecule has 1 aliphatic heterocycles. The number of aliphatic hydroxyl groups is 1. The molecule has 0 aliphatic carbocycles. The second-order valence-electron chi connectivity index (χ2n) is 3.82. The molecule has 0 aromatic carbocycles. The van der Waals surface area contributed by atoms with Gasteiger partial charge in [-0.3, -0.25) is 0 Å². The molecule has 1 aliphatic rings. The highest BCUT2D eigenvalue weighted by Crippen LogP contribution is 2.22. The van der Waals surface area contributed by atoms with Gasteiger partial charge in [-0.15, -0.1) is 0 Å². The van der Waals surface area contributed by atoms with Crippen LogP contribution in [0.25, 0.3) is 0 Å². The minimum Gasteiger partial charge on any atom is -0.394 e. The summed E-state index contributed by atoms with van der Waals surface area (Å²) in [5.41, 5.74) is -0.0763. The molecule has 1 heterocycles. The van der Waals surface area contributed by atoms with Gasteiger partial charge in [-0.1, -0.05) is 0 Å². The SMILES string of the molecule is COCCOCCC1(CO)CCCN1. The number of ether oxygens (including phenoxy) is 2. The zero-order chi connectivity index (χ0) is 10.3. The molecule has 1 saturated heterocycles. The van der Waals surface area contributed by atoms with E-state index in [1.165, 1.54) is 0 Å². The first kappa shape index (κ1) is 11.9. The summed E-state index contributed by atoms with van der Waals surface area (Å²) in [5.74, 6) is 0. The largest absolute Gasteiger partial charge is 0.394 e. The zero-order valence-electron chi connectivity index (χ0n) is 8.92. The molecule has 0 saturated carbocycles. The minimum atomic E-state index is -0.0763. The predicted molar refractivity (Wildman–Crippen MR) is 54.4 cm³/mol. The van der Waals surface area contributed by atoms with Crippen LogP contribution in [0.3, 0.4) is 0 Å². The maximum absolute atomic E-state index is 9.28. The summed E-state index contributed by atoms with van der Waals surface area (Å²) in [5, 5.41) is 12.6. The van der Waals surface area contributed by atoms with Crippen LogP contribution in [0.2, 0.25) is 0 Å². The van der Waals surface area contributed by atoms with Gasteiger partial charge in [-0.25, -0.2) is 0 Å². The van der Waals surface area contributed by atoms with Gasteiger partial charge in [0.15, 0.2) is 0 Å². The second kappa shape index (κ2) is 6.35. The fourth-order valence-electron chi connectivity index (χ4n) is 1.81. The lowest BCUT2D eigenvalue weighted by atomic mass is 9.95. The van der Waals surface area contributed by atoms with E-state index in [-0.39, 0.29) is 12.1 Å². The summed E-state index contributed by atoms with van der Waals surface area (Å²) in [4.78, 5) is 0. The summed E-state index contributed by atoms with van der Waals surface area (Å²) in [6.45, 7) is 3.19. The molecule has 84 valence electrons. The van der Waals surface area contributed by atoms with E-state index < -0.39 is 0 Å². The van der Waals surface area contributed by atoms with Crippen molar-refractivity contribution in [2.75, 3.05) is 40.1 Å². The predicted octanol–water partition coefficient (Wildman–Crippen LogP) is 0.154.